The van der Waals surface area contributed by atoms with Crippen LogP contribution in [0.25, 0.3) is 0 Å². The molecule has 0 atom stereocenters. The van der Waals surface area contributed by atoms with Gasteiger partial charge in [-0.15, -0.1) is 11.3 Å². The van der Waals surface area contributed by atoms with Crippen LogP contribution in [0, 0.1) is 10.1 Å². The molecule has 12 heteroatoms. The minimum atomic E-state index is -0.494. The second-order valence-corrected chi connectivity index (χ2v) is 7.08. The molecular weight excluding hydrogens is 424 g/mol. The maximum atomic E-state index is 11.5. The highest BCUT2D eigenvalue weighted by Crippen LogP contribution is 2.21. The lowest BCUT2D eigenvalue weighted by Crippen LogP contribution is -2.07. The number of methoxy groups -OCH3 is 1. The van der Waals surface area contributed by atoms with Crippen LogP contribution in [0.4, 0.5) is 10.8 Å². The number of hydrogen-bond acceptors (Lipinski definition) is 10. The molecule has 162 valence electrons. The van der Waals surface area contributed by atoms with Crippen molar-refractivity contribution < 1.29 is 19.2 Å². The number of aromatic nitrogens is 3. The molecule has 2 heterocycles. The van der Waals surface area contributed by atoms with Gasteiger partial charge in [0, 0.05) is 10.9 Å². The first-order valence-corrected chi connectivity index (χ1v) is 10.1. The molecule has 0 saturated carbocycles. The first-order chi connectivity index (χ1) is 15.0. The Morgan fingerprint density at radius 1 is 1.45 bits per heavy atom. The van der Waals surface area contributed by atoms with Crippen LogP contribution in [0.15, 0.2) is 41.1 Å². The molecule has 0 radical (unpaired) electrons. The molecule has 3 aromatic rings. The summed E-state index contributed by atoms with van der Waals surface area (Å²) in [5.74, 6) is 0.308. The summed E-state index contributed by atoms with van der Waals surface area (Å²) in [4.78, 5) is 26.1. The topological polar surface area (TPSA) is 134 Å². The van der Waals surface area contributed by atoms with E-state index in [0.29, 0.717) is 29.7 Å². The van der Waals surface area contributed by atoms with Gasteiger partial charge in [-0.05, 0) is 30.7 Å². The number of esters is 1. The standard InChI is InChI=1S/C19H20N6O5S/c1-3-30-18(26)7-15-12-31-19(22-15)23-20-8-13-4-5-17(29-2)14(6-13)10-24-11-16(9-21-24)25(27)28/h4-6,8-9,11-12H,3,7,10H2,1-2H3,(H,22,23). The number of rotatable bonds is 10. The molecule has 11 nitrogen and oxygen atoms in total. The average molecular weight is 444 g/mol. The molecule has 0 bridgehead atoms. The van der Waals surface area contributed by atoms with Crippen LogP contribution < -0.4 is 10.2 Å². The summed E-state index contributed by atoms with van der Waals surface area (Å²) in [6, 6.07) is 5.47. The van der Waals surface area contributed by atoms with Crippen molar-refractivity contribution in [3.63, 3.8) is 0 Å². The number of carbonyl (C=O) groups is 1. The summed E-state index contributed by atoms with van der Waals surface area (Å²) in [5.41, 5.74) is 4.94. The molecule has 0 aliphatic carbocycles. The Kier molecular flexibility index (Phi) is 7.27. The number of nitro groups is 1. The summed E-state index contributed by atoms with van der Waals surface area (Å²) in [6.07, 6.45) is 4.29. The number of carbonyl (C=O) groups excluding carboxylic acids is 1. The van der Waals surface area contributed by atoms with Gasteiger partial charge in [0.05, 0.1) is 43.5 Å². The molecule has 31 heavy (non-hydrogen) atoms. The van der Waals surface area contributed by atoms with Gasteiger partial charge in [0.25, 0.3) is 0 Å². The molecule has 0 unspecified atom stereocenters. The van der Waals surface area contributed by atoms with Gasteiger partial charge < -0.3 is 9.47 Å². The summed E-state index contributed by atoms with van der Waals surface area (Å²) >= 11 is 1.33. The van der Waals surface area contributed by atoms with E-state index in [-0.39, 0.29) is 18.1 Å². The van der Waals surface area contributed by atoms with Gasteiger partial charge in [0.1, 0.15) is 18.1 Å². The summed E-state index contributed by atoms with van der Waals surface area (Å²) < 4.78 is 11.7. The smallest absolute Gasteiger partial charge is 0.311 e. The van der Waals surface area contributed by atoms with Crippen molar-refractivity contribution >= 4 is 34.3 Å². The van der Waals surface area contributed by atoms with Gasteiger partial charge in [-0.3, -0.25) is 25.0 Å². The Balaban J connectivity index is 1.65. The van der Waals surface area contributed by atoms with E-state index in [1.54, 1.807) is 31.7 Å². The van der Waals surface area contributed by atoms with Crippen molar-refractivity contribution in [2.75, 3.05) is 19.1 Å². The molecule has 0 spiro atoms. The number of thiazole rings is 1. The van der Waals surface area contributed by atoms with Gasteiger partial charge in [0.15, 0.2) is 0 Å². The van der Waals surface area contributed by atoms with Gasteiger partial charge in [-0.1, -0.05) is 0 Å². The number of hydrogen-bond donors (Lipinski definition) is 1. The quantitative estimate of drug-likeness (QED) is 0.218. The minimum Gasteiger partial charge on any atom is -0.496 e. The predicted octanol–water partition coefficient (Wildman–Crippen LogP) is 2.86. The lowest BCUT2D eigenvalue weighted by molar-refractivity contribution is -0.385. The lowest BCUT2D eigenvalue weighted by Gasteiger charge is -2.09. The maximum Gasteiger partial charge on any atom is 0.311 e. The van der Waals surface area contributed by atoms with E-state index in [9.17, 15) is 14.9 Å². The fraction of sp³-hybridized carbons (Fsp3) is 0.263. The molecular formula is C19H20N6O5S. The third-order valence-electron chi connectivity index (χ3n) is 4.02. The Morgan fingerprint density at radius 2 is 2.29 bits per heavy atom. The number of ether oxygens (including phenoxy) is 2. The van der Waals surface area contributed by atoms with Crippen LogP contribution in [-0.2, 0) is 22.5 Å². The number of anilines is 1. The number of nitrogens with zero attached hydrogens (tertiary/aromatic N) is 5. The molecule has 1 aromatic carbocycles. The maximum absolute atomic E-state index is 11.5. The molecule has 0 amide bonds. The molecule has 2 aromatic heterocycles. The van der Waals surface area contributed by atoms with E-state index in [2.05, 4.69) is 20.6 Å². The van der Waals surface area contributed by atoms with Gasteiger partial charge in [0.2, 0.25) is 5.13 Å². The molecule has 0 fully saturated rings. The fourth-order valence-corrected chi connectivity index (χ4v) is 3.33. The normalized spacial score (nSPS) is 10.9. The van der Waals surface area contributed by atoms with Crippen LogP contribution in [0.1, 0.15) is 23.7 Å². The predicted molar refractivity (Wildman–Crippen MR) is 115 cm³/mol. The van der Waals surface area contributed by atoms with Crippen LogP contribution >= 0.6 is 11.3 Å². The second kappa shape index (κ2) is 10.3. The van der Waals surface area contributed by atoms with E-state index < -0.39 is 4.92 Å². The van der Waals surface area contributed by atoms with E-state index in [1.807, 2.05) is 12.1 Å². The molecule has 3 rings (SSSR count). The van der Waals surface area contributed by atoms with E-state index in [0.717, 1.165) is 11.1 Å². The highest BCUT2D eigenvalue weighted by Gasteiger charge is 2.11. The lowest BCUT2D eigenvalue weighted by atomic mass is 10.1. The van der Waals surface area contributed by atoms with Crippen molar-refractivity contribution in [3.8, 4) is 5.75 Å². The fourth-order valence-electron chi connectivity index (χ4n) is 2.67. The zero-order valence-corrected chi connectivity index (χ0v) is 17.7. The summed E-state index contributed by atoms with van der Waals surface area (Å²) in [6.45, 7) is 2.39. The summed E-state index contributed by atoms with van der Waals surface area (Å²) in [5, 5.41) is 21.3. The SMILES string of the molecule is CCOC(=O)Cc1csc(NN=Cc2ccc(OC)c(Cn3cc([N+](=O)[O-])cn3)c2)n1. The van der Waals surface area contributed by atoms with Crippen LogP contribution in [0.2, 0.25) is 0 Å². The summed E-state index contributed by atoms with van der Waals surface area (Å²) in [7, 11) is 1.55. The van der Waals surface area contributed by atoms with Crippen molar-refractivity contribution in [2.45, 2.75) is 19.9 Å². The number of benzene rings is 1. The van der Waals surface area contributed by atoms with Crippen molar-refractivity contribution in [1.82, 2.24) is 14.8 Å². The molecule has 0 aliphatic heterocycles. The number of hydrazone groups is 1. The molecule has 0 aliphatic rings. The largest absolute Gasteiger partial charge is 0.496 e. The average Bonchev–Trinajstić information content (AvgIpc) is 3.38. The van der Waals surface area contributed by atoms with Gasteiger partial charge in [-0.25, -0.2) is 4.98 Å². The molecule has 0 saturated heterocycles. The molecule has 1 N–H and O–H groups in total. The van der Waals surface area contributed by atoms with Crippen LogP contribution in [0.5, 0.6) is 5.75 Å². The van der Waals surface area contributed by atoms with Crippen LogP contribution in [0.3, 0.4) is 0 Å². The number of nitrogens with one attached hydrogen (secondary N) is 1. The first-order valence-electron chi connectivity index (χ1n) is 9.21. The van der Waals surface area contributed by atoms with Crippen LogP contribution in [-0.4, -0.2) is 45.6 Å². The van der Waals surface area contributed by atoms with E-state index >= 15 is 0 Å². The van der Waals surface area contributed by atoms with Gasteiger partial charge in [-0.2, -0.15) is 10.2 Å². The second-order valence-electron chi connectivity index (χ2n) is 6.22. The third-order valence-corrected chi connectivity index (χ3v) is 4.82. The monoisotopic (exact) mass is 444 g/mol. The Morgan fingerprint density at radius 3 is 3.00 bits per heavy atom. The van der Waals surface area contributed by atoms with E-state index in [1.165, 1.54) is 28.4 Å². The van der Waals surface area contributed by atoms with Gasteiger partial charge >= 0.3 is 11.7 Å². The zero-order chi connectivity index (χ0) is 22.2. The van der Waals surface area contributed by atoms with E-state index in [4.69, 9.17) is 9.47 Å². The highest BCUT2D eigenvalue weighted by atomic mass is 32.1. The van der Waals surface area contributed by atoms with Crippen molar-refractivity contribution in [1.29, 1.82) is 0 Å². The third kappa shape index (κ3) is 6.09. The Hall–Kier alpha value is -3.80. The van der Waals surface area contributed by atoms with Crippen molar-refractivity contribution in [3.05, 3.63) is 62.9 Å². The van der Waals surface area contributed by atoms with Crippen molar-refractivity contribution in [2.24, 2.45) is 5.10 Å². The highest BCUT2D eigenvalue weighted by molar-refractivity contribution is 7.13. The first kappa shape index (κ1) is 21.9. The Bertz CT molecular complexity index is 1090. The minimum absolute atomic E-state index is 0.0772. The zero-order valence-electron chi connectivity index (χ0n) is 16.8. The Labute approximate surface area is 181 Å².